The van der Waals surface area contributed by atoms with Crippen LogP contribution in [0.15, 0.2) is 100 Å². The van der Waals surface area contributed by atoms with Crippen LogP contribution in [-0.2, 0) is 14.6 Å². The molecule has 0 fully saturated rings. The Hall–Kier alpha value is -3.09. The fourth-order valence-corrected chi connectivity index (χ4v) is 5.16. The van der Waals surface area contributed by atoms with Crippen LogP contribution in [0.4, 0.5) is 5.69 Å². The minimum Gasteiger partial charge on any atom is -0.502 e. The lowest BCUT2D eigenvalue weighted by atomic mass is 10.1. The number of hydrogen-bond acceptors (Lipinski definition) is 4. The normalized spacial score (nSPS) is 17.1. The van der Waals surface area contributed by atoms with Crippen molar-refractivity contribution in [2.24, 2.45) is 0 Å². The van der Waals surface area contributed by atoms with Gasteiger partial charge in [0, 0.05) is 10.7 Å². The third-order valence-corrected chi connectivity index (χ3v) is 6.86. The molecule has 0 spiro atoms. The van der Waals surface area contributed by atoms with Gasteiger partial charge in [0.2, 0.25) is 9.84 Å². The molecule has 1 atom stereocenters. The number of hydrogen-bond donors (Lipinski definition) is 1. The van der Waals surface area contributed by atoms with Crippen molar-refractivity contribution in [1.82, 2.24) is 0 Å². The number of carbonyl (C=O) groups excluding carboxylic acids is 1. The number of benzene rings is 3. The van der Waals surface area contributed by atoms with Crippen LogP contribution in [-0.4, -0.2) is 19.4 Å². The molecule has 0 saturated heterocycles. The largest absolute Gasteiger partial charge is 0.502 e. The third-order valence-electron chi connectivity index (χ3n) is 4.72. The Morgan fingerprint density at radius 2 is 1.38 bits per heavy atom. The highest BCUT2D eigenvalue weighted by molar-refractivity contribution is 7.95. The van der Waals surface area contributed by atoms with Crippen LogP contribution in [0.3, 0.4) is 0 Å². The fraction of sp³-hybridized carbons (Fsp3) is 0.0455. The lowest BCUT2D eigenvalue weighted by Gasteiger charge is -2.27. The van der Waals surface area contributed by atoms with Crippen molar-refractivity contribution in [3.63, 3.8) is 0 Å². The van der Waals surface area contributed by atoms with E-state index < -0.39 is 27.5 Å². The Balaban J connectivity index is 1.95. The second-order valence-electron chi connectivity index (χ2n) is 6.49. The highest BCUT2D eigenvalue weighted by atomic mass is 35.5. The van der Waals surface area contributed by atoms with Gasteiger partial charge in [-0.05, 0) is 42.0 Å². The predicted molar refractivity (Wildman–Crippen MR) is 111 cm³/mol. The summed E-state index contributed by atoms with van der Waals surface area (Å²) in [5.74, 6) is -1.55. The number of amides is 1. The van der Waals surface area contributed by atoms with E-state index in [0.29, 0.717) is 16.3 Å². The van der Waals surface area contributed by atoms with Gasteiger partial charge in [-0.2, -0.15) is 0 Å². The first kappa shape index (κ1) is 19.2. The molecule has 1 unspecified atom stereocenters. The number of para-hydroxylation sites is 1. The van der Waals surface area contributed by atoms with E-state index in [2.05, 4.69) is 0 Å². The van der Waals surface area contributed by atoms with Crippen molar-refractivity contribution in [3.05, 3.63) is 106 Å². The van der Waals surface area contributed by atoms with E-state index in [4.69, 9.17) is 11.6 Å². The summed E-state index contributed by atoms with van der Waals surface area (Å²) >= 11 is 5.99. The van der Waals surface area contributed by atoms with E-state index in [9.17, 15) is 18.3 Å². The molecule has 3 aromatic rings. The molecule has 0 radical (unpaired) electrons. The van der Waals surface area contributed by atoms with Crippen LogP contribution < -0.4 is 4.90 Å². The molecule has 3 aromatic carbocycles. The molecule has 5 nitrogen and oxygen atoms in total. The molecule has 7 heteroatoms. The van der Waals surface area contributed by atoms with Crippen LogP contribution in [0.1, 0.15) is 11.6 Å². The molecular formula is C22H16ClNO4S. The number of nitrogens with zero attached hydrogens (tertiary/aromatic N) is 1. The van der Waals surface area contributed by atoms with E-state index >= 15 is 0 Å². The topological polar surface area (TPSA) is 74.7 Å². The van der Waals surface area contributed by atoms with Gasteiger partial charge in [-0.25, -0.2) is 8.42 Å². The first-order chi connectivity index (χ1) is 13.9. The summed E-state index contributed by atoms with van der Waals surface area (Å²) in [4.78, 5) is 13.9. The molecule has 1 heterocycles. The molecule has 1 N–H and O–H groups in total. The van der Waals surface area contributed by atoms with Gasteiger partial charge in [-0.15, -0.1) is 0 Å². The lowest BCUT2D eigenvalue weighted by Crippen LogP contribution is -2.31. The summed E-state index contributed by atoms with van der Waals surface area (Å²) < 4.78 is 26.8. The highest BCUT2D eigenvalue weighted by Gasteiger charge is 2.47. The molecule has 0 saturated carbocycles. The Kier molecular flexibility index (Phi) is 4.90. The van der Waals surface area contributed by atoms with Crippen molar-refractivity contribution in [2.75, 3.05) is 4.90 Å². The number of halogens is 1. The third kappa shape index (κ3) is 3.30. The van der Waals surface area contributed by atoms with Crippen LogP contribution in [0, 0.1) is 0 Å². The maximum absolute atomic E-state index is 13.4. The second-order valence-corrected chi connectivity index (χ2v) is 8.85. The van der Waals surface area contributed by atoms with Crippen LogP contribution in [0.25, 0.3) is 0 Å². The smallest absolute Gasteiger partial charge is 0.295 e. The summed E-state index contributed by atoms with van der Waals surface area (Å²) in [6, 6.07) is 21.9. The summed E-state index contributed by atoms with van der Waals surface area (Å²) in [7, 11) is -4.14. The van der Waals surface area contributed by atoms with Crippen molar-refractivity contribution in [1.29, 1.82) is 0 Å². The van der Waals surface area contributed by atoms with E-state index in [1.165, 1.54) is 17.0 Å². The minimum atomic E-state index is -4.14. The van der Waals surface area contributed by atoms with Crippen molar-refractivity contribution < 1.29 is 18.3 Å². The van der Waals surface area contributed by atoms with Crippen molar-refractivity contribution in [3.8, 4) is 0 Å². The average Bonchev–Trinajstić information content (AvgIpc) is 3.01. The van der Waals surface area contributed by atoms with Crippen LogP contribution in [0.5, 0.6) is 0 Å². The van der Waals surface area contributed by atoms with E-state index in [0.717, 1.165) is 0 Å². The summed E-state index contributed by atoms with van der Waals surface area (Å²) in [6.07, 6.45) is 0. The lowest BCUT2D eigenvalue weighted by molar-refractivity contribution is -0.117. The number of sulfone groups is 1. The molecule has 0 aliphatic carbocycles. The van der Waals surface area contributed by atoms with E-state index in [1.54, 1.807) is 72.8 Å². The van der Waals surface area contributed by atoms with Gasteiger partial charge in [0.1, 0.15) is 10.9 Å². The van der Waals surface area contributed by atoms with Crippen molar-refractivity contribution in [2.45, 2.75) is 10.9 Å². The summed E-state index contributed by atoms with van der Waals surface area (Å²) in [6.45, 7) is 0. The molecule has 0 aromatic heterocycles. The monoisotopic (exact) mass is 425 g/mol. The quantitative estimate of drug-likeness (QED) is 0.659. The number of aliphatic hydroxyl groups is 1. The molecule has 4 rings (SSSR count). The zero-order valence-electron chi connectivity index (χ0n) is 15.1. The summed E-state index contributed by atoms with van der Waals surface area (Å²) in [5, 5.41) is 11.1. The van der Waals surface area contributed by atoms with Crippen molar-refractivity contribution >= 4 is 33.0 Å². The first-order valence-corrected chi connectivity index (χ1v) is 10.6. The Bertz CT molecular complexity index is 1190. The van der Waals surface area contributed by atoms with E-state index in [1.807, 2.05) is 0 Å². The zero-order chi connectivity index (χ0) is 20.6. The molecule has 1 aliphatic heterocycles. The van der Waals surface area contributed by atoms with Gasteiger partial charge in [0.05, 0.1) is 4.90 Å². The number of carbonyl (C=O) groups is 1. The second kappa shape index (κ2) is 7.39. The Labute approximate surface area is 173 Å². The molecular weight excluding hydrogens is 410 g/mol. The minimum absolute atomic E-state index is 0.00299. The van der Waals surface area contributed by atoms with Crippen LogP contribution in [0.2, 0.25) is 5.02 Å². The van der Waals surface area contributed by atoms with Gasteiger partial charge in [0.25, 0.3) is 5.91 Å². The number of rotatable bonds is 4. The van der Waals surface area contributed by atoms with Gasteiger partial charge in [0.15, 0.2) is 5.76 Å². The number of aliphatic hydroxyl groups excluding tert-OH is 1. The molecule has 29 heavy (non-hydrogen) atoms. The molecule has 1 amide bonds. The average molecular weight is 426 g/mol. The van der Waals surface area contributed by atoms with Gasteiger partial charge in [-0.1, -0.05) is 60.1 Å². The predicted octanol–water partition coefficient (Wildman–Crippen LogP) is 4.67. The highest BCUT2D eigenvalue weighted by Crippen LogP contribution is 2.44. The zero-order valence-corrected chi connectivity index (χ0v) is 16.6. The van der Waals surface area contributed by atoms with Gasteiger partial charge in [-0.3, -0.25) is 9.69 Å². The van der Waals surface area contributed by atoms with Gasteiger partial charge < -0.3 is 5.11 Å². The Morgan fingerprint density at radius 3 is 1.97 bits per heavy atom. The molecule has 0 bridgehead atoms. The Morgan fingerprint density at radius 1 is 0.828 bits per heavy atom. The SMILES string of the molecule is O=C1C(O)=C(S(=O)(=O)c2ccccc2)C(c2ccc(Cl)cc2)N1c1ccccc1. The maximum atomic E-state index is 13.4. The molecule has 1 aliphatic rings. The first-order valence-electron chi connectivity index (χ1n) is 8.78. The fourth-order valence-electron chi connectivity index (χ4n) is 3.38. The number of anilines is 1. The maximum Gasteiger partial charge on any atom is 0.295 e. The summed E-state index contributed by atoms with van der Waals surface area (Å²) in [5.41, 5.74) is 0.993. The van der Waals surface area contributed by atoms with E-state index in [-0.39, 0.29) is 9.80 Å². The molecule has 146 valence electrons. The van der Waals surface area contributed by atoms with Crippen LogP contribution >= 0.6 is 11.6 Å². The standard InChI is InChI=1S/C22H16ClNO4S/c23-16-13-11-15(12-14-16)19-21(29(27,28)18-9-5-2-6-10-18)20(25)22(26)24(19)17-7-3-1-4-8-17/h1-14,19,25H. The van der Waals surface area contributed by atoms with Gasteiger partial charge >= 0.3 is 0 Å².